The summed E-state index contributed by atoms with van der Waals surface area (Å²) in [7, 11) is 0. The van der Waals surface area contributed by atoms with E-state index < -0.39 is 0 Å². The summed E-state index contributed by atoms with van der Waals surface area (Å²) in [4.78, 5) is 17.6. The molecule has 0 aliphatic carbocycles. The van der Waals surface area contributed by atoms with Crippen LogP contribution in [-0.4, -0.2) is 22.9 Å². The lowest BCUT2D eigenvalue weighted by molar-refractivity contribution is 0.0959. The molecule has 5 nitrogen and oxygen atoms in total. The van der Waals surface area contributed by atoms with Gasteiger partial charge in [-0.3, -0.25) is 9.79 Å². The van der Waals surface area contributed by atoms with E-state index in [-0.39, 0.29) is 11.7 Å². The molecule has 0 radical (unpaired) electrons. The van der Waals surface area contributed by atoms with Crippen molar-refractivity contribution >= 4 is 34.9 Å². The number of phenolic OH excluding ortho intramolecular Hbond substituents is 1. The number of nitrogens with zero attached hydrogens (tertiary/aromatic N) is 2. The highest BCUT2D eigenvalue weighted by atomic mass is 32.1. The molecule has 2 N–H and O–H groups in total. The van der Waals surface area contributed by atoms with E-state index in [4.69, 9.17) is 0 Å². The van der Waals surface area contributed by atoms with Gasteiger partial charge in [0.25, 0.3) is 5.91 Å². The third-order valence-electron chi connectivity index (χ3n) is 4.50. The molecule has 3 aromatic carbocycles. The van der Waals surface area contributed by atoms with Crippen LogP contribution in [0.25, 0.3) is 0 Å². The first-order valence-corrected chi connectivity index (χ1v) is 10.5. The molecule has 0 spiro atoms. The number of hydrogen-bond donors (Lipinski definition) is 2. The highest BCUT2D eigenvalue weighted by Crippen LogP contribution is 2.24. The molecule has 0 saturated carbocycles. The molecule has 0 fully saturated rings. The van der Waals surface area contributed by atoms with Crippen LogP contribution in [-0.2, 0) is 0 Å². The van der Waals surface area contributed by atoms with E-state index in [1.165, 1.54) is 11.3 Å². The molecule has 4 rings (SSSR count). The molecule has 4 aromatic rings. The van der Waals surface area contributed by atoms with Gasteiger partial charge in [-0.1, -0.05) is 66.7 Å². The molecule has 1 heterocycles. The Morgan fingerprint density at radius 2 is 1.61 bits per heavy atom. The summed E-state index contributed by atoms with van der Waals surface area (Å²) in [6.45, 7) is 0. The van der Waals surface area contributed by atoms with Gasteiger partial charge in [0.2, 0.25) is 0 Å². The summed E-state index contributed by atoms with van der Waals surface area (Å²) in [6.07, 6.45) is 1.61. The molecule has 0 unspecified atom stereocenters. The molecule has 1 amide bonds. The van der Waals surface area contributed by atoms with Crippen molar-refractivity contribution in [3.8, 4) is 5.75 Å². The molecule has 152 valence electrons. The van der Waals surface area contributed by atoms with Gasteiger partial charge in [0.05, 0.1) is 10.6 Å². The lowest BCUT2D eigenvalue weighted by Crippen LogP contribution is -2.19. The van der Waals surface area contributed by atoms with Crippen LogP contribution in [0.4, 0.5) is 5.69 Å². The Balaban J connectivity index is 1.73. The Bertz CT molecular complexity index is 1230. The molecule has 31 heavy (non-hydrogen) atoms. The van der Waals surface area contributed by atoms with Crippen molar-refractivity contribution in [3.63, 3.8) is 0 Å². The fourth-order valence-electron chi connectivity index (χ4n) is 2.97. The quantitative estimate of drug-likeness (QED) is 0.321. The van der Waals surface area contributed by atoms with Crippen LogP contribution >= 0.6 is 11.3 Å². The number of carbonyl (C=O) groups is 1. The fourth-order valence-corrected chi connectivity index (χ4v) is 3.58. The molecule has 6 heteroatoms. The first-order chi connectivity index (χ1) is 15.2. The summed E-state index contributed by atoms with van der Waals surface area (Å²) >= 11 is 1.36. The maximum Gasteiger partial charge on any atom is 0.281 e. The van der Waals surface area contributed by atoms with E-state index >= 15 is 0 Å². The number of nitrogens with one attached hydrogen (secondary N) is 1. The van der Waals surface area contributed by atoms with Gasteiger partial charge < -0.3 is 5.11 Å². The Morgan fingerprint density at radius 1 is 0.871 bits per heavy atom. The number of carbonyl (C=O) groups excluding carboxylic acids is 1. The Hall–Kier alpha value is -4.03. The van der Waals surface area contributed by atoms with Crippen molar-refractivity contribution in [1.82, 2.24) is 5.43 Å². The zero-order valence-electron chi connectivity index (χ0n) is 16.5. The molecule has 0 aliphatic rings. The minimum absolute atomic E-state index is 0.156. The zero-order chi connectivity index (χ0) is 21.5. The number of hydrogen-bond acceptors (Lipinski definition) is 5. The van der Waals surface area contributed by atoms with Crippen molar-refractivity contribution in [2.24, 2.45) is 10.1 Å². The number of rotatable bonds is 6. The Labute approximate surface area is 184 Å². The third-order valence-corrected chi connectivity index (χ3v) is 5.37. The standard InChI is InChI=1S/C25H19N3O2S/c29-22-14-7-4-11-19(22)17-26-21-13-6-5-12-20(21)24(18-9-2-1-3-10-18)27-28-25(30)23-15-8-16-31-23/h1-17,29H,(H,28,30)/b26-17?,27-24+. The van der Waals surface area contributed by atoms with Crippen LogP contribution in [0, 0.1) is 0 Å². The molecule has 0 bridgehead atoms. The predicted octanol–water partition coefficient (Wildman–Crippen LogP) is 5.39. The SMILES string of the molecule is O=C(N/N=C(\c1ccccc1)c1ccccc1N=Cc1ccccc1O)c1cccs1. The second-order valence-corrected chi connectivity index (χ2v) is 7.53. The van der Waals surface area contributed by atoms with Crippen molar-refractivity contribution in [3.05, 3.63) is 118 Å². The highest BCUT2D eigenvalue weighted by molar-refractivity contribution is 7.12. The number of para-hydroxylation sites is 2. The molecule has 0 aliphatic heterocycles. The van der Waals surface area contributed by atoms with Crippen molar-refractivity contribution < 1.29 is 9.90 Å². The maximum atomic E-state index is 12.4. The van der Waals surface area contributed by atoms with Crippen LogP contribution in [0.15, 0.2) is 106 Å². The van der Waals surface area contributed by atoms with Gasteiger partial charge >= 0.3 is 0 Å². The van der Waals surface area contributed by atoms with Gasteiger partial charge in [-0.25, -0.2) is 5.43 Å². The summed E-state index contributed by atoms with van der Waals surface area (Å²) in [6, 6.07) is 27.7. The Morgan fingerprint density at radius 3 is 2.39 bits per heavy atom. The summed E-state index contributed by atoms with van der Waals surface area (Å²) in [5, 5.41) is 16.3. The van der Waals surface area contributed by atoms with Crippen LogP contribution in [0.1, 0.15) is 26.4 Å². The molecular formula is C25H19N3O2S. The van der Waals surface area contributed by atoms with Crippen molar-refractivity contribution in [1.29, 1.82) is 0 Å². The first-order valence-electron chi connectivity index (χ1n) is 9.61. The van der Waals surface area contributed by atoms with Crippen LogP contribution in [0.3, 0.4) is 0 Å². The molecule has 0 atom stereocenters. The average molecular weight is 426 g/mol. The first kappa shape index (κ1) is 20.3. The normalized spacial score (nSPS) is 11.5. The topological polar surface area (TPSA) is 74.0 Å². The van der Waals surface area contributed by atoms with E-state index in [0.29, 0.717) is 21.8 Å². The fraction of sp³-hybridized carbons (Fsp3) is 0. The van der Waals surface area contributed by atoms with Crippen LogP contribution in [0.5, 0.6) is 5.75 Å². The second-order valence-electron chi connectivity index (χ2n) is 6.58. The van der Waals surface area contributed by atoms with Gasteiger partial charge in [0, 0.05) is 22.9 Å². The van der Waals surface area contributed by atoms with Crippen molar-refractivity contribution in [2.75, 3.05) is 0 Å². The predicted molar refractivity (Wildman–Crippen MR) is 126 cm³/mol. The van der Waals surface area contributed by atoms with Gasteiger partial charge in [0.1, 0.15) is 11.5 Å². The second kappa shape index (κ2) is 9.65. The van der Waals surface area contributed by atoms with E-state index in [2.05, 4.69) is 15.5 Å². The zero-order valence-corrected chi connectivity index (χ0v) is 17.3. The highest BCUT2D eigenvalue weighted by Gasteiger charge is 2.13. The number of hydrazone groups is 1. The lowest BCUT2D eigenvalue weighted by Gasteiger charge is -2.10. The number of benzene rings is 3. The smallest absolute Gasteiger partial charge is 0.281 e. The van der Waals surface area contributed by atoms with Crippen molar-refractivity contribution in [2.45, 2.75) is 0 Å². The van der Waals surface area contributed by atoms with E-state index in [9.17, 15) is 9.90 Å². The van der Waals surface area contributed by atoms with Crippen LogP contribution < -0.4 is 5.43 Å². The number of phenols is 1. The summed E-state index contributed by atoms with van der Waals surface area (Å²) < 4.78 is 0. The molecule has 1 aromatic heterocycles. The summed E-state index contributed by atoms with van der Waals surface area (Å²) in [5.41, 5.74) is 6.13. The number of aliphatic imine (C=N–C) groups is 1. The Kier molecular flexibility index (Phi) is 6.30. The number of thiophene rings is 1. The van der Waals surface area contributed by atoms with Gasteiger partial charge in [0.15, 0.2) is 0 Å². The van der Waals surface area contributed by atoms with Gasteiger partial charge in [-0.05, 0) is 29.6 Å². The minimum Gasteiger partial charge on any atom is -0.507 e. The minimum atomic E-state index is -0.265. The lowest BCUT2D eigenvalue weighted by atomic mass is 10.0. The number of aromatic hydroxyl groups is 1. The van der Waals surface area contributed by atoms with Gasteiger partial charge in [-0.15, -0.1) is 11.3 Å². The van der Waals surface area contributed by atoms with Crippen LogP contribution in [0.2, 0.25) is 0 Å². The number of amides is 1. The summed E-state index contributed by atoms with van der Waals surface area (Å²) in [5.74, 6) is -0.109. The average Bonchev–Trinajstić information content (AvgIpc) is 3.35. The third kappa shape index (κ3) is 4.94. The monoisotopic (exact) mass is 425 g/mol. The van der Waals surface area contributed by atoms with E-state index in [1.807, 2.05) is 72.1 Å². The van der Waals surface area contributed by atoms with E-state index in [0.717, 1.165) is 11.1 Å². The van der Waals surface area contributed by atoms with Gasteiger partial charge in [-0.2, -0.15) is 5.10 Å². The van der Waals surface area contributed by atoms with E-state index in [1.54, 1.807) is 30.5 Å². The largest absolute Gasteiger partial charge is 0.507 e. The molecule has 0 saturated heterocycles. The molecular weight excluding hydrogens is 406 g/mol. The maximum absolute atomic E-state index is 12.4.